The van der Waals surface area contributed by atoms with Gasteiger partial charge in [-0.3, -0.25) is 10.2 Å². The Labute approximate surface area is 216 Å². The number of aromatic nitrogens is 4. The van der Waals surface area contributed by atoms with Gasteiger partial charge in [0.15, 0.2) is 5.82 Å². The van der Waals surface area contributed by atoms with Crippen molar-refractivity contribution in [3.63, 3.8) is 0 Å². The van der Waals surface area contributed by atoms with Crippen LogP contribution in [0.2, 0.25) is 0 Å². The molecule has 0 spiro atoms. The monoisotopic (exact) mass is 528 g/mol. The van der Waals surface area contributed by atoms with Crippen LogP contribution < -0.4 is 15.5 Å². The smallest absolute Gasteiger partial charge is 0.418 e. The molecule has 13 heteroatoms. The molecule has 38 heavy (non-hydrogen) atoms. The minimum absolute atomic E-state index is 0.0201. The molecule has 2 aromatic heterocycles. The third kappa shape index (κ3) is 5.98. The summed E-state index contributed by atoms with van der Waals surface area (Å²) in [6, 6.07) is 2.81. The van der Waals surface area contributed by atoms with Gasteiger partial charge in [-0.1, -0.05) is 20.8 Å². The zero-order valence-corrected chi connectivity index (χ0v) is 21.0. The number of nitrogens with zero attached hydrogens (tertiary/aromatic N) is 5. The van der Waals surface area contributed by atoms with E-state index in [4.69, 9.17) is 5.41 Å². The number of amidine groups is 1. The van der Waals surface area contributed by atoms with E-state index in [1.54, 1.807) is 20.8 Å². The number of nitrogens with one attached hydrogen (secondary N) is 3. The Morgan fingerprint density at radius 3 is 2.50 bits per heavy atom. The second-order valence-electron chi connectivity index (χ2n) is 9.85. The van der Waals surface area contributed by atoms with Crippen molar-refractivity contribution >= 4 is 40.2 Å². The van der Waals surface area contributed by atoms with Crippen LogP contribution in [0.5, 0.6) is 0 Å². The fourth-order valence-corrected chi connectivity index (χ4v) is 3.75. The number of anilines is 3. The van der Waals surface area contributed by atoms with Crippen molar-refractivity contribution in [1.29, 1.82) is 5.41 Å². The summed E-state index contributed by atoms with van der Waals surface area (Å²) < 4.78 is 41.6. The summed E-state index contributed by atoms with van der Waals surface area (Å²) in [5.41, 5.74) is -1.66. The first-order valence-corrected chi connectivity index (χ1v) is 11.8. The first-order valence-electron chi connectivity index (χ1n) is 11.8. The van der Waals surface area contributed by atoms with E-state index < -0.39 is 34.6 Å². The highest BCUT2D eigenvalue weighted by Crippen LogP contribution is 2.37. The summed E-state index contributed by atoms with van der Waals surface area (Å²) in [6.45, 7) is 6.71. The molecule has 0 aliphatic carbocycles. The third-order valence-corrected chi connectivity index (χ3v) is 5.89. The fraction of sp³-hybridized carbons (Fsp3) is 0.360. The van der Waals surface area contributed by atoms with E-state index in [1.165, 1.54) is 12.5 Å². The van der Waals surface area contributed by atoms with Gasteiger partial charge in [0, 0.05) is 30.1 Å². The lowest BCUT2D eigenvalue weighted by Crippen LogP contribution is -2.29. The van der Waals surface area contributed by atoms with Gasteiger partial charge in [0.05, 0.1) is 17.4 Å². The highest BCUT2D eigenvalue weighted by atomic mass is 19.4. The Hall–Kier alpha value is -4.29. The van der Waals surface area contributed by atoms with Gasteiger partial charge >= 0.3 is 6.18 Å². The second-order valence-corrected chi connectivity index (χ2v) is 9.85. The van der Waals surface area contributed by atoms with Crippen LogP contribution in [0.15, 0.2) is 42.6 Å². The van der Waals surface area contributed by atoms with Crippen LogP contribution in [0.1, 0.15) is 49.5 Å². The number of hydrogen-bond acceptors (Lipinski definition) is 9. The maximum atomic E-state index is 13.9. The third-order valence-electron chi connectivity index (χ3n) is 5.89. The van der Waals surface area contributed by atoms with Crippen LogP contribution in [0, 0.1) is 10.8 Å². The number of amides is 1. The molecule has 4 N–H and O–H groups in total. The van der Waals surface area contributed by atoms with Gasteiger partial charge < -0.3 is 20.6 Å². The van der Waals surface area contributed by atoms with Crippen molar-refractivity contribution in [2.24, 2.45) is 5.41 Å². The minimum Gasteiger partial charge on any atom is -0.512 e. The van der Waals surface area contributed by atoms with Crippen molar-refractivity contribution in [1.82, 2.24) is 25.3 Å². The second kappa shape index (κ2) is 10.2. The van der Waals surface area contributed by atoms with Crippen LogP contribution in [0.4, 0.5) is 30.6 Å². The average molecular weight is 529 g/mol. The number of fused-ring (bicyclic) bond motifs is 1. The number of halogens is 3. The van der Waals surface area contributed by atoms with Crippen molar-refractivity contribution in [2.75, 3.05) is 23.3 Å². The van der Waals surface area contributed by atoms with Gasteiger partial charge in [-0.2, -0.15) is 13.2 Å². The van der Waals surface area contributed by atoms with Crippen LogP contribution in [0.3, 0.4) is 0 Å². The summed E-state index contributed by atoms with van der Waals surface area (Å²) in [5.74, 6) is -0.919. The Bertz CT molecular complexity index is 1410. The maximum absolute atomic E-state index is 13.9. The topological polar surface area (TPSA) is 140 Å². The highest BCUT2D eigenvalue weighted by molar-refractivity contribution is 6.09. The standard InChI is InChI=1S/C25H27F3N8O2/c1-24(2,3)18(37)11-19(29)34-22(38)14-6-7-15(25(26,27)28)16(10-14)33-21-20-17(31-13-32-21)12-30-23(35-20)36-8-4-5-9-36/h6-7,10-13,37H,4-5,8-9H2,1-3H3,(H2,29,34,38)(H,31,32,33)/b18-11-. The largest absolute Gasteiger partial charge is 0.512 e. The molecule has 0 atom stereocenters. The van der Waals surface area contributed by atoms with Gasteiger partial charge in [0.1, 0.15) is 29.0 Å². The van der Waals surface area contributed by atoms with Crippen LogP contribution in [-0.4, -0.2) is 49.9 Å². The van der Waals surface area contributed by atoms with E-state index in [0.717, 1.165) is 50.2 Å². The number of carbonyl (C=O) groups is 1. The summed E-state index contributed by atoms with van der Waals surface area (Å²) in [6.07, 6.45) is 0.997. The lowest BCUT2D eigenvalue weighted by Gasteiger charge is -2.18. The van der Waals surface area contributed by atoms with E-state index in [9.17, 15) is 23.1 Å². The van der Waals surface area contributed by atoms with E-state index in [2.05, 4.69) is 30.6 Å². The van der Waals surface area contributed by atoms with Crippen LogP contribution >= 0.6 is 0 Å². The normalized spacial score (nSPS) is 14.6. The van der Waals surface area contributed by atoms with E-state index in [0.29, 0.717) is 11.5 Å². The lowest BCUT2D eigenvalue weighted by atomic mass is 9.93. The van der Waals surface area contributed by atoms with Gasteiger partial charge in [-0.15, -0.1) is 0 Å². The lowest BCUT2D eigenvalue weighted by molar-refractivity contribution is -0.136. The molecule has 200 valence electrons. The molecule has 0 unspecified atom stereocenters. The number of rotatable bonds is 5. The van der Waals surface area contributed by atoms with Gasteiger partial charge in [-0.05, 0) is 31.0 Å². The predicted octanol–water partition coefficient (Wildman–Crippen LogP) is 4.98. The zero-order chi connectivity index (χ0) is 27.7. The number of aliphatic hydroxyl groups excluding tert-OH is 1. The molecular formula is C25H27F3N8O2. The molecule has 1 amide bonds. The van der Waals surface area contributed by atoms with E-state index >= 15 is 0 Å². The van der Waals surface area contributed by atoms with Crippen molar-refractivity contribution in [3.05, 3.63) is 53.7 Å². The number of aliphatic hydroxyl groups is 1. The molecule has 0 bridgehead atoms. The number of carbonyl (C=O) groups excluding carboxylic acids is 1. The van der Waals surface area contributed by atoms with E-state index in [-0.39, 0.29) is 22.7 Å². The SMILES string of the molecule is CC(C)(C)/C(O)=C/C(=N)NC(=O)c1ccc(C(F)(F)F)c(Nc2ncnc3cnc(N4CCCC4)nc23)c1. The summed E-state index contributed by atoms with van der Waals surface area (Å²) >= 11 is 0. The Balaban J connectivity index is 1.68. The molecule has 0 radical (unpaired) electrons. The molecular weight excluding hydrogens is 501 g/mol. The molecule has 1 fully saturated rings. The van der Waals surface area contributed by atoms with Crippen LogP contribution in [-0.2, 0) is 6.18 Å². The number of benzene rings is 1. The van der Waals surface area contributed by atoms with E-state index in [1.807, 2.05) is 4.90 Å². The number of alkyl halides is 3. The number of hydrogen-bond donors (Lipinski definition) is 4. The van der Waals surface area contributed by atoms with Gasteiger partial charge in [-0.25, -0.2) is 19.9 Å². The average Bonchev–Trinajstić information content (AvgIpc) is 3.37. The molecule has 4 rings (SSSR count). The minimum atomic E-state index is -4.73. The predicted molar refractivity (Wildman–Crippen MR) is 137 cm³/mol. The molecule has 3 heterocycles. The first-order chi connectivity index (χ1) is 17.8. The molecule has 0 saturated carbocycles. The number of allylic oxidation sites excluding steroid dienone is 1. The summed E-state index contributed by atoms with van der Waals surface area (Å²) in [4.78, 5) is 31.7. The van der Waals surface area contributed by atoms with Gasteiger partial charge in [0.2, 0.25) is 5.95 Å². The molecule has 1 aromatic carbocycles. The Morgan fingerprint density at radius 2 is 1.84 bits per heavy atom. The molecule has 1 aliphatic heterocycles. The zero-order valence-electron chi connectivity index (χ0n) is 21.0. The summed E-state index contributed by atoms with van der Waals surface area (Å²) in [5, 5.41) is 22.9. The van der Waals surface area contributed by atoms with Gasteiger partial charge in [0.25, 0.3) is 5.91 Å². The molecule has 3 aromatic rings. The Morgan fingerprint density at radius 1 is 1.13 bits per heavy atom. The maximum Gasteiger partial charge on any atom is 0.418 e. The van der Waals surface area contributed by atoms with Crippen molar-refractivity contribution < 1.29 is 23.1 Å². The van der Waals surface area contributed by atoms with Crippen molar-refractivity contribution in [2.45, 2.75) is 39.8 Å². The molecule has 1 saturated heterocycles. The van der Waals surface area contributed by atoms with Crippen molar-refractivity contribution in [3.8, 4) is 0 Å². The quantitative estimate of drug-likeness (QED) is 0.207. The first kappa shape index (κ1) is 26.8. The summed E-state index contributed by atoms with van der Waals surface area (Å²) in [7, 11) is 0. The molecule has 10 nitrogen and oxygen atoms in total. The fourth-order valence-electron chi connectivity index (χ4n) is 3.75. The Kier molecular flexibility index (Phi) is 7.20. The highest BCUT2D eigenvalue weighted by Gasteiger charge is 2.34. The molecule has 1 aliphatic rings. The van der Waals surface area contributed by atoms with Crippen LogP contribution in [0.25, 0.3) is 11.0 Å².